The SMILES string of the molecule is NCC(=O)c1ccccc1OC1CCC1. The molecule has 0 aliphatic heterocycles. The van der Waals surface area contributed by atoms with Crippen molar-refractivity contribution < 1.29 is 9.53 Å². The van der Waals surface area contributed by atoms with Crippen molar-refractivity contribution in [1.82, 2.24) is 0 Å². The number of ether oxygens (including phenoxy) is 1. The van der Waals surface area contributed by atoms with E-state index in [-0.39, 0.29) is 18.4 Å². The predicted octanol–water partition coefficient (Wildman–Crippen LogP) is 1.76. The molecule has 1 saturated carbocycles. The van der Waals surface area contributed by atoms with Crippen molar-refractivity contribution in [3.8, 4) is 5.75 Å². The Morgan fingerprint density at radius 3 is 2.73 bits per heavy atom. The van der Waals surface area contributed by atoms with Gasteiger partial charge in [0.2, 0.25) is 0 Å². The molecule has 3 nitrogen and oxygen atoms in total. The summed E-state index contributed by atoms with van der Waals surface area (Å²) >= 11 is 0. The van der Waals surface area contributed by atoms with E-state index in [1.54, 1.807) is 6.07 Å². The molecule has 0 aromatic heterocycles. The zero-order valence-corrected chi connectivity index (χ0v) is 8.61. The second-order valence-corrected chi connectivity index (χ2v) is 3.79. The Morgan fingerprint density at radius 2 is 2.13 bits per heavy atom. The van der Waals surface area contributed by atoms with Crippen LogP contribution in [0.25, 0.3) is 0 Å². The van der Waals surface area contributed by atoms with Gasteiger partial charge in [-0.25, -0.2) is 0 Å². The smallest absolute Gasteiger partial charge is 0.180 e. The fraction of sp³-hybridized carbons (Fsp3) is 0.417. The first-order valence-electron chi connectivity index (χ1n) is 5.30. The van der Waals surface area contributed by atoms with Crippen LogP contribution in [0.15, 0.2) is 24.3 Å². The molecule has 3 heteroatoms. The Hall–Kier alpha value is -1.35. The van der Waals surface area contributed by atoms with Gasteiger partial charge >= 0.3 is 0 Å². The van der Waals surface area contributed by atoms with Gasteiger partial charge in [-0.3, -0.25) is 4.79 Å². The van der Waals surface area contributed by atoms with Crippen molar-refractivity contribution >= 4 is 5.78 Å². The quantitative estimate of drug-likeness (QED) is 0.762. The fourth-order valence-corrected chi connectivity index (χ4v) is 1.58. The van der Waals surface area contributed by atoms with E-state index in [2.05, 4.69) is 0 Å². The molecule has 0 bridgehead atoms. The lowest BCUT2D eigenvalue weighted by Gasteiger charge is -2.27. The minimum Gasteiger partial charge on any atom is -0.490 e. The predicted molar refractivity (Wildman–Crippen MR) is 58.1 cm³/mol. The van der Waals surface area contributed by atoms with Crippen LogP contribution in [0.3, 0.4) is 0 Å². The molecule has 1 aliphatic rings. The van der Waals surface area contributed by atoms with Crippen molar-refractivity contribution in [2.45, 2.75) is 25.4 Å². The molecular formula is C12H15NO2. The summed E-state index contributed by atoms with van der Waals surface area (Å²) in [6, 6.07) is 7.31. The third kappa shape index (κ3) is 2.18. The molecule has 0 amide bonds. The first kappa shape index (κ1) is 10.2. The molecular weight excluding hydrogens is 190 g/mol. The summed E-state index contributed by atoms with van der Waals surface area (Å²) in [6.45, 7) is 0.0328. The summed E-state index contributed by atoms with van der Waals surface area (Å²) < 4.78 is 5.73. The molecule has 1 aromatic rings. The zero-order chi connectivity index (χ0) is 10.7. The van der Waals surface area contributed by atoms with Gasteiger partial charge in [0, 0.05) is 0 Å². The van der Waals surface area contributed by atoms with Crippen LogP contribution in [-0.2, 0) is 0 Å². The van der Waals surface area contributed by atoms with E-state index in [9.17, 15) is 4.79 Å². The zero-order valence-electron chi connectivity index (χ0n) is 8.61. The number of para-hydroxylation sites is 1. The highest BCUT2D eigenvalue weighted by molar-refractivity contribution is 5.99. The van der Waals surface area contributed by atoms with Crippen LogP contribution in [-0.4, -0.2) is 18.4 Å². The number of hydrogen-bond acceptors (Lipinski definition) is 3. The van der Waals surface area contributed by atoms with Crippen LogP contribution in [0.2, 0.25) is 0 Å². The Balaban J connectivity index is 2.16. The van der Waals surface area contributed by atoms with E-state index in [1.165, 1.54) is 6.42 Å². The van der Waals surface area contributed by atoms with Gasteiger partial charge in [0.05, 0.1) is 18.2 Å². The fourth-order valence-electron chi connectivity index (χ4n) is 1.58. The molecule has 2 rings (SSSR count). The van der Waals surface area contributed by atoms with E-state index in [0.717, 1.165) is 12.8 Å². The van der Waals surface area contributed by atoms with E-state index >= 15 is 0 Å². The van der Waals surface area contributed by atoms with Gasteiger partial charge in [0.25, 0.3) is 0 Å². The van der Waals surface area contributed by atoms with E-state index in [1.807, 2.05) is 18.2 Å². The minimum atomic E-state index is -0.0649. The van der Waals surface area contributed by atoms with Crippen LogP contribution in [0, 0.1) is 0 Å². The van der Waals surface area contributed by atoms with Gasteiger partial charge < -0.3 is 10.5 Å². The Kier molecular flexibility index (Phi) is 3.02. The standard InChI is InChI=1S/C12H15NO2/c13-8-11(14)10-6-1-2-7-12(10)15-9-4-3-5-9/h1-2,6-7,9H,3-5,8,13H2. The normalized spacial score (nSPS) is 15.8. The van der Waals surface area contributed by atoms with Crippen molar-refractivity contribution in [2.24, 2.45) is 5.73 Å². The van der Waals surface area contributed by atoms with Crippen LogP contribution in [0.4, 0.5) is 0 Å². The molecule has 1 aliphatic carbocycles. The van der Waals surface area contributed by atoms with Gasteiger partial charge in [0.1, 0.15) is 5.75 Å². The first-order valence-corrected chi connectivity index (χ1v) is 5.30. The highest BCUT2D eigenvalue weighted by Crippen LogP contribution is 2.27. The van der Waals surface area contributed by atoms with Crippen molar-refractivity contribution in [2.75, 3.05) is 6.54 Å². The molecule has 1 aromatic carbocycles. The Labute approximate surface area is 89.2 Å². The van der Waals surface area contributed by atoms with Crippen LogP contribution >= 0.6 is 0 Å². The summed E-state index contributed by atoms with van der Waals surface area (Å²) in [4.78, 5) is 11.5. The van der Waals surface area contributed by atoms with Crippen molar-refractivity contribution in [1.29, 1.82) is 0 Å². The molecule has 0 atom stereocenters. The lowest BCUT2D eigenvalue weighted by atomic mass is 9.96. The Morgan fingerprint density at radius 1 is 1.40 bits per heavy atom. The number of carbonyl (C=O) groups is 1. The molecule has 2 N–H and O–H groups in total. The van der Waals surface area contributed by atoms with Gasteiger partial charge in [-0.1, -0.05) is 12.1 Å². The second-order valence-electron chi connectivity index (χ2n) is 3.79. The molecule has 0 spiro atoms. The molecule has 80 valence electrons. The lowest BCUT2D eigenvalue weighted by Crippen LogP contribution is -2.26. The van der Waals surface area contributed by atoms with Crippen LogP contribution < -0.4 is 10.5 Å². The monoisotopic (exact) mass is 205 g/mol. The Bertz CT molecular complexity index is 358. The van der Waals surface area contributed by atoms with Crippen molar-refractivity contribution in [3.63, 3.8) is 0 Å². The summed E-state index contributed by atoms with van der Waals surface area (Å²) in [5.74, 6) is 0.613. The molecule has 0 heterocycles. The highest BCUT2D eigenvalue weighted by Gasteiger charge is 2.21. The van der Waals surface area contributed by atoms with Gasteiger partial charge in [-0.2, -0.15) is 0 Å². The van der Waals surface area contributed by atoms with Gasteiger partial charge in [-0.15, -0.1) is 0 Å². The minimum absolute atomic E-state index is 0.0328. The molecule has 15 heavy (non-hydrogen) atoms. The van der Waals surface area contributed by atoms with Gasteiger partial charge in [0.15, 0.2) is 5.78 Å². The highest BCUT2D eigenvalue weighted by atomic mass is 16.5. The third-order valence-corrected chi connectivity index (χ3v) is 2.72. The summed E-state index contributed by atoms with van der Waals surface area (Å²) in [5.41, 5.74) is 5.95. The number of Topliss-reactive ketones (excluding diaryl/α,β-unsaturated/α-hetero) is 1. The topological polar surface area (TPSA) is 52.3 Å². The number of benzene rings is 1. The average Bonchev–Trinajstić information content (AvgIpc) is 2.23. The van der Waals surface area contributed by atoms with E-state index in [0.29, 0.717) is 11.3 Å². The number of rotatable bonds is 4. The molecule has 0 saturated heterocycles. The average molecular weight is 205 g/mol. The number of nitrogens with two attached hydrogens (primary N) is 1. The second kappa shape index (κ2) is 4.45. The summed E-state index contributed by atoms with van der Waals surface area (Å²) in [5, 5.41) is 0. The number of carbonyl (C=O) groups excluding carboxylic acids is 1. The van der Waals surface area contributed by atoms with Gasteiger partial charge in [-0.05, 0) is 31.4 Å². The number of ketones is 1. The molecule has 0 radical (unpaired) electrons. The maximum Gasteiger partial charge on any atom is 0.180 e. The van der Waals surface area contributed by atoms with E-state index < -0.39 is 0 Å². The van der Waals surface area contributed by atoms with E-state index in [4.69, 9.17) is 10.5 Å². The third-order valence-electron chi connectivity index (χ3n) is 2.72. The number of hydrogen-bond donors (Lipinski definition) is 1. The maximum atomic E-state index is 11.5. The summed E-state index contributed by atoms with van der Waals surface area (Å²) in [7, 11) is 0. The molecule has 1 fully saturated rings. The van der Waals surface area contributed by atoms with Crippen molar-refractivity contribution in [3.05, 3.63) is 29.8 Å². The largest absolute Gasteiger partial charge is 0.490 e. The van der Waals surface area contributed by atoms with Crippen LogP contribution in [0.5, 0.6) is 5.75 Å². The lowest BCUT2D eigenvalue weighted by molar-refractivity contribution is 0.0972. The van der Waals surface area contributed by atoms with Crippen LogP contribution in [0.1, 0.15) is 29.6 Å². The summed E-state index contributed by atoms with van der Waals surface area (Å²) in [6.07, 6.45) is 3.69. The maximum absolute atomic E-state index is 11.5. The molecule has 0 unspecified atom stereocenters. The first-order chi connectivity index (χ1) is 7.31.